The fourth-order valence-corrected chi connectivity index (χ4v) is 3.31. The minimum atomic E-state index is -0.0193. The van der Waals surface area contributed by atoms with Crippen molar-refractivity contribution in [2.45, 2.75) is 32.7 Å². The summed E-state index contributed by atoms with van der Waals surface area (Å²) in [5, 5.41) is 2.98. The SMILES string of the molecule is Cc1ccccc1CC(=O)N1CCC(C(=O)NCc2cccnc2)CC1. The van der Waals surface area contributed by atoms with E-state index in [9.17, 15) is 9.59 Å². The summed E-state index contributed by atoms with van der Waals surface area (Å²) < 4.78 is 0. The normalized spacial score (nSPS) is 14.9. The second-order valence-electron chi connectivity index (χ2n) is 6.84. The van der Waals surface area contributed by atoms with Crippen LogP contribution in [0.25, 0.3) is 0 Å². The summed E-state index contributed by atoms with van der Waals surface area (Å²) in [6, 6.07) is 11.8. The van der Waals surface area contributed by atoms with Crippen molar-refractivity contribution < 1.29 is 9.59 Å². The summed E-state index contributed by atoms with van der Waals surface area (Å²) in [6.07, 6.45) is 5.35. The highest BCUT2D eigenvalue weighted by Crippen LogP contribution is 2.19. The molecule has 0 spiro atoms. The largest absolute Gasteiger partial charge is 0.352 e. The zero-order valence-corrected chi connectivity index (χ0v) is 15.1. The first-order chi connectivity index (χ1) is 12.6. The summed E-state index contributed by atoms with van der Waals surface area (Å²) >= 11 is 0. The molecule has 1 aromatic carbocycles. The Bertz CT molecular complexity index is 753. The molecule has 26 heavy (non-hydrogen) atoms. The highest BCUT2D eigenvalue weighted by atomic mass is 16.2. The van der Waals surface area contributed by atoms with Gasteiger partial charge in [0, 0.05) is 37.9 Å². The molecule has 0 bridgehead atoms. The smallest absolute Gasteiger partial charge is 0.226 e. The summed E-state index contributed by atoms with van der Waals surface area (Å²) in [4.78, 5) is 30.8. The van der Waals surface area contributed by atoms with Crippen LogP contribution in [0.3, 0.4) is 0 Å². The molecule has 0 aliphatic carbocycles. The average molecular weight is 351 g/mol. The lowest BCUT2D eigenvalue weighted by atomic mass is 9.95. The Morgan fingerprint density at radius 1 is 1.15 bits per heavy atom. The number of aromatic nitrogens is 1. The molecule has 0 unspecified atom stereocenters. The fourth-order valence-electron chi connectivity index (χ4n) is 3.31. The van der Waals surface area contributed by atoms with E-state index in [1.54, 1.807) is 12.4 Å². The van der Waals surface area contributed by atoms with E-state index in [0.29, 0.717) is 26.1 Å². The number of hydrogen-bond acceptors (Lipinski definition) is 3. The van der Waals surface area contributed by atoms with Gasteiger partial charge in [0.05, 0.1) is 6.42 Å². The van der Waals surface area contributed by atoms with Crippen molar-refractivity contribution in [3.63, 3.8) is 0 Å². The van der Waals surface area contributed by atoms with Crippen LogP contribution in [0.4, 0.5) is 0 Å². The van der Waals surface area contributed by atoms with Crippen LogP contribution < -0.4 is 5.32 Å². The van der Waals surface area contributed by atoms with E-state index >= 15 is 0 Å². The molecule has 1 aliphatic heterocycles. The van der Waals surface area contributed by atoms with Crippen molar-refractivity contribution in [1.82, 2.24) is 15.2 Å². The molecule has 1 N–H and O–H groups in total. The Balaban J connectivity index is 1.45. The van der Waals surface area contributed by atoms with Crippen LogP contribution in [0, 0.1) is 12.8 Å². The molecule has 5 heteroatoms. The molecule has 2 amide bonds. The van der Waals surface area contributed by atoms with Crippen molar-refractivity contribution in [2.24, 2.45) is 5.92 Å². The summed E-state index contributed by atoms with van der Waals surface area (Å²) in [6.45, 7) is 3.83. The summed E-state index contributed by atoms with van der Waals surface area (Å²) in [5.74, 6) is 0.197. The maximum Gasteiger partial charge on any atom is 0.226 e. The van der Waals surface area contributed by atoms with E-state index in [1.165, 1.54) is 0 Å². The van der Waals surface area contributed by atoms with Gasteiger partial charge in [0.1, 0.15) is 0 Å². The number of amides is 2. The van der Waals surface area contributed by atoms with E-state index < -0.39 is 0 Å². The van der Waals surface area contributed by atoms with Gasteiger partial charge < -0.3 is 10.2 Å². The lowest BCUT2D eigenvalue weighted by Crippen LogP contribution is -2.43. The third kappa shape index (κ3) is 4.69. The Morgan fingerprint density at radius 3 is 2.62 bits per heavy atom. The van der Waals surface area contributed by atoms with Crippen LogP contribution >= 0.6 is 0 Å². The van der Waals surface area contributed by atoms with Gasteiger partial charge in [0.2, 0.25) is 11.8 Å². The maximum absolute atomic E-state index is 12.5. The number of pyridine rings is 1. The molecular weight excluding hydrogens is 326 g/mol. The first-order valence-electron chi connectivity index (χ1n) is 9.12. The second kappa shape index (κ2) is 8.61. The quantitative estimate of drug-likeness (QED) is 0.900. The number of benzene rings is 1. The second-order valence-corrected chi connectivity index (χ2v) is 6.84. The Hall–Kier alpha value is -2.69. The molecule has 0 saturated carbocycles. The molecule has 1 saturated heterocycles. The van der Waals surface area contributed by atoms with Crippen LogP contribution in [0.2, 0.25) is 0 Å². The fraction of sp³-hybridized carbons (Fsp3) is 0.381. The van der Waals surface area contributed by atoms with Crippen LogP contribution in [0.1, 0.15) is 29.5 Å². The molecule has 2 aromatic rings. The zero-order valence-electron chi connectivity index (χ0n) is 15.1. The number of nitrogens with zero attached hydrogens (tertiary/aromatic N) is 2. The van der Waals surface area contributed by atoms with Crippen molar-refractivity contribution in [2.75, 3.05) is 13.1 Å². The molecule has 3 rings (SSSR count). The Kier molecular flexibility index (Phi) is 6.00. The predicted octanol–water partition coefficient (Wildman–Crippen LogP) is 2.49. The number of hydrogen-bond donors (Lipinski definition) is 1. The minimum Gasteiger partial charge on any atom is -0.352 e. The lowest BCUT2D eigenvalue weighted by Gasteiger charge is -2.31. The minimum absolute atomic E-state index is 0.0193. The van der Waals surface area contributed by atoms with Crippen LogP contribution in [-0.4, -0.2) is 34.8 Å². The van der Waals surface area contributed by atoms with E-state index in [1.807, 2.05) is 48.2 Å². The monoisotopic (exact) mass is 351 g/mol. The van der Waals surface area contributed by atoms with Gasteiger partial charge in [-0.3, -0.25) is 14.6 Å². The van der Waals surface area contributed by atoms with Gasteiger partial charge in [-0.05, 0) is 42.5 Å². The first-order valence-corrected chi connectivity index (χ1v) is 9.12. The Labute approximate surface area is 154 Å². The number of rotatable bonds is 5. The van der Waals surface area contributed by atoms with Gasteiger partial charge in [-0.25, -0.2) is 0 Å². The van der Waals surface area contributed by atoms with Crippen molar-refractivity contribution >= 4 is 11.8 Å². The van der Waals surface area contributed by atoms with Gasteiger partial charge in [-0.2, -0.15) is 0 Å². The van der Waals surface area contributed by atoms with Gasteiger partial charge in [0.15, 0.2) is 0 Å². The molecule has 1 aromatic heterocycles. The van der Waals surface area contributed by atoms with Crippen LogP contribution in [0.15, 0.2) is 48.8 Å². The number of nitrogens with one attached hydrogen (secondary N) is 1. The Morgan fingerprint density at radius 2 is 1.92 bits per heavy atom. The highest BCUT2D eigenvalue weighted by Gasteiger charge is 2.27. The number of piperidine rings is 1. The lowest BCUT2D eigenvalue weighted by molar-refractivity contribution is -0.135. The van der Waals surface area contributed by atoms with Gasteiger partial charge in [-0.15, -0.1) is 0 Å². The topological polar surface area (TPSA) is 62.3 Å². The molecule has 136 valence electrons. The van der Waals surface area contributed by atoms with Gasteiger partial charge in [0.25, 0.3) is 0 Å². The van der Waals surface area contributed by atoms with Crippen LogP contribution in [0.5, 0.6) is 0 Å². The van der Waals surface area contributed by atoms with E-state index in [2.05, 4.69) is 10.3 Å². The molecule has 5 nitrogen and oxygen atoms in total. The predicted molar refractivity (Wildman–Crippen MR) is 100 cm³/mol. The van der Waals surface area contributed by atoms with E-state index in [0.717, 1.165) is 29.5 Å². The summed E-state index contributed by atoms with van der Waals surface area (Å²) in [7, 11) is 0. The third-order valence-electron chi connectivity index (χ3n) is 5.01. The van der Waals surface area contributed by atoms with Gasteiger partial charge >= 0.3 is 0 Å². The number of carbonyl (C=O) groups excluding carboxylic acids is 2. The summed E-state index contributed by atoms with van der Waals surface area (Å²) in [5.41, 5.74) is 3.21. The molecule has 1 aliphatic rings. The first kappa shape index (κ1) is 18.1. The highest BCUT2D eigenvalue weighted by molar-refractivity contribution is 5.81. The number of carbonyl (C=O) groups is 2. The van der Waals surface area contributed by atoms with Crippen molar-refractivity contribution in [3.05, 3.63) is 65.5 Å². The zero-order chi connectivity index (χ0) is 18.4. The third-order valence-corrected chi connectivity index (χ3v) is 5.01. The average Bonchev–Trinajstić information content (AvgIpc) is 2.69. The van der Waals surface area contributed by atoms with E-state index in [4.69, 9.17) is 0 Å². The van der Waals surface area contributed by atoms with E-state index in [-0.39, 0.29) is 17.7 Å². The number of aryl methyl sites for hydroxylation is 1. The number of likely N-dealkylation sites (tertiary alicyclic amines) is 1. The van der Waals surface area contributed by atoms with Crippen molar-refractivity contribution in [3.8, 4) is 0 Å². The molecule has 1 fully saturated rings. The van der Waals surface area contributed by atoms with Crippen molar-refractivity contribution in [1.29, 1.82) is 0 Å². The molecule has 0 atom stereocenters. The molecule has 0 radical (unpaired) electrons. The van der Waals surface area contributed by atoms with Crippen LogP contribution in [-0.2, 0) is 22.6 Å². The molecular formula is C21H25N3O2. The standard InChI is InChI=1S/C21H25N3O2/c1-16-5-2-3-7-19(16)13-20(25)24-11-8-18(9-12-24)21(26)23-15-17-6-4-10-22-14-17/h2-7,10,14,18H,8-9,11-13,15H2,1H3,(H,23,26). The maximum atomic E-state index is 12.5. The molecule has 2 heterocycles. The van der Waals surface area contributed by atoms with Gasteiger partial charge in [-0.1, -0.05) is 30.3 Å².